The van der Waals surface area contributed by atoms with Crippen molar-refractivity contribution in [2.75, 3.05) is 4.90 Å². The Kier molecular flexibility index (Phi) is 19.6. The van der Waals surface area contributed by atoms with E-state index < -0.39 is 0 Å². The van der Waals surface area contributed by atoms with Crippen LogP contribution in [0.15, 0.2) is 221 Å². The number of aryl methyl sites for hydroxylation is 2. The van der Waals surface area contributed by atoms with Gasteiger partial charge < -0.3 is 13.7 Å². The van der Waals surface area contributed by atoms with E-state index >= 15 is 0 Å². The molecule has 2 aromatic heterocycles. The lowest BCUT2D eigenvalue weighted by molar-refractivity contribution is 0.399. The predicted molar refractivity (Wildman–Crippen MR) is 495 cm³/mol. The summed E-state index contributed by atoms with van der Waals surface area (Å²) in [4.78, 5) is 2.64. The van der Waals surface area contributed by atoms with Crippen molar-refractivity contribution in [3.8, 4) is 77.9 Å². The first-order valence-corrected chi connectivity index (χ1v) is 45.3. The number of nitrogens with zero attached hydrogens (tertiary/aromatic N) is 1. The van der Waals surface area contributed by atoms with Gasteiger partial charge in [-0.3, -0.25) is 0 Å². The highest BCUT2D eigenvalue weighted by molar-refractivity contribution is 6.22. The first-order chi connectivity index (χ1) is 56.5. The van der Waals surface area contributed by atoms with Crippen LogP contribution in [0, 0.1) is 13.8 Å². The molecule has 588 valence electrons. The van der Waals surface area contributed by atoms with Crippen molar-refractivity contribution in [2.24, 2.45) is 0 Å². The molecule has 0 atom stereocenters. The summed E-state index contributed by atoms with van der Waals surface area (Å²) in [6.45, 7) is 28.9. The quantitative estimate of drug-likeness (QED) is 0.0438. The van der Waals surface area contributed by atoms with Gasteiger partial charge in [0.25, 0.3) is 0 Å². The van der Waals surface area contributed by atoms with E-state index in [-0.39, 0.29) is 27.1 Å². The number of hydrogen-bond acceptors (Lipinski definition) is 3. The molecule has 0 radical (unpaired) electrons. The fraction of sp³-hybridized carbons (Fsp3) is 0.363. The van der Waals surface area contributed by atoms with Gasteiger partial charge >= 0.3 is 0 Å². The van der Waals surface area contributed by atoms with Gasteiger partial charge in [0.2, 0.25) is 0 Å². The van der Waals surface area contributed by atoms with Crippen molar-refractivity contribution in [3.05, 3.63) is 279 Å². The third kappa shape index (κ3) is 11.9. The molecule has 0 N–H and O–H groups in total. The minimum Gasteiger partial charge on any atom is -0.455 e. The largest absolute Gasteiger partial charge is 0.455 e. The van der Waals surface area contributed by atoms with E-state index in [2.05, 4.69) is 300 Å². The van der Waals surface area contributed by atoms with E-state index in [0.717, 1.165) is 48.0 Å². The van der Waals surface area contributed by atoms with Crippen LogP contribution in [0.2, 0.25) is 0 Å². The van der Waals surface area contributed by atoms with E-state index in [1.165, 1.54) is 301 Å². The fourth-order valence-corrected chi connectivity index (χ4v) is 23.5. The summed E-state index contributed by atoms with van der Waals surface area (Å²) in [5.41, 5.74) is 41.9. The highest BCUT2D eigenvalue weighted by Gasteiger charge is 2.51. The molecule has 5 aliphatic rings. The molecule has 116 heavy (non-hydrogen) atoms. The number of furan rings is 2. The maximum Gasteiger partial charge on any atom is 0.144 e. The smallest absolute Gasteiger partial charge is 0.144 e. The van der Waals surface area contributed by atoms with Gasteiger partial charge in [0.1, 0.15) is 22.3 Å². The van der Waals surface area contributed by atoms with Gasteiger partial charge in [0.15, 0.2) is 0 Å². The van der Waals surface area contributed by atoms with Crippen LogP contribution in [-0.2, 0) is 27.1 Å². The Morgan fingerprint density at radius 2 is 0.690 bits per heavy atom. The Balaban J connectivity index is 0.752. The van der Waals surface area contributed by atoms with E-state index in [4.69, 9.17) is 8.83 Å². The molecule has 0 unspecified atom stereocenters. The number of benzene rings is 12. The van der Waals surface area contributed by atoms with Crippen LogP contribution in [0.25, 0.3) is 122 Å². The van der Waals surface area contributed by atoms with Crippen LogP contribution < -0.4 is 4.90 Å². The lowest BCUT2D eigenvalue weighted by Gasteiger charge is -2.35. The highest BCUT2D eigenvalue weighted by Crippen LogP contribution is 2.66. The Bertz CT molecular complexity index is 6160. The van der Waals surface area contributed by atoms with Gasteiger partial charge in [-0.1, -0.05) is 349 Å². The van der Waals surface area contributed by atoms with Crippen molar-refractivity contribution < 1.29 is 8.83 Å². The Morgan fingerprint density at radius 3 is 1.27 bits per heavy atom. The zero-order chi connectivity index (χ0) is 79.6. The van der Waals surface area contributed by atoms with Gasteiger partial charge in [-0.05, 0) is 234 Å². The maximum atomic E-state index is 7.49. The molecule has 19 rings (SSSR count). The molecule has 0 bridgehead atoms. The van der Waals surface area contributed by atoms with E-state index in [1.54, 1.807) is 11.1 Å². The number of hydrogen-bond donors (Lipinski definition) is 0. The van der Waals surface area contributed by atoms with Gasteiger partial charge in [-0.2, -0.15) is 0 Å². The summed E-state index contributed by atoms with van der Waals surface area (Å²) < 4.78 is 14.7. The van der Waals surface area contributed by atoms with Crippen LogP contribution in [0.1, 0.15) is 290 Å². The highest BCUT2D eigenvalue weighted by atomic mass is 16.3. The normalized spacial score (nSPS) is 15.4. The van der Waals surface area contributed by atoms with Gasteiger partial charge in [0, 0.05) is 76.8 Å². The molecule has 12 aromatic carbocycles. The molecule has 0 spiro atoms. The number of anilines is 3. The summed E-state index contributed by atoms with van der Waals surface area (Å²) in [5, 5.41) is 4.87. The lowest BCUT2D eigenvalue weighted by atomic mass is 9.70. The Labute approximate surface area is 691 Å². The lowest BCUT2D eigenvalue weighted by Crippen LogP contribution is -2.26. The average molecular weight is 1520 g/mol. The molecule has 5 aliphatic carbocycles. The molecule has 0 amide bonds. The standard InChI is InChI=1S/C113H119NO2/c1-13-17-21-25-37-61-112(62-38-26-22-18-14-2)90-46-34-29-41-79(90)82-56-51-75(67-94(82)112)74-50-55-80-81-57-52-76(68-92(81)109(7,8)91(80)66-74)88-71-96-100(102-86-43-31-35-47-98(86)115-107(88)102)85-59-54-78(70-95(85)113(96,63-39-27-23-19-15-3)64-40-28-24-20-16-4)114(97-60-49-72(5)65-73(97)6)77-53-58-84-93(69-77)111(11,12)105-101(84)103-87-44-32-36-48-99(87)116-108(103)104-83-42-30-33-45-89(83)110(9,10)106(104)105/h29-36,41-60,65-71H,13-28,37-40,61-64H2,1-12H3. The van der Waals surface area contributed by atoms with Gasteiger partial charge in [-0.15, -0.1) is 0 Å². The predicted octanol–water partition coefficient (Wildman–Crippen LogP) is 33.8. The van der Waals surface area contributed by atoms with E-state index in [0.29, 0.717) is 0 Å². The molecule has 0 saturated carbocycles. The Morgan fingerprint density at radius 1 is 0.284 bits per heavy atom. The van der Waals surface area contributed by atoms with Crippen LogP contribution in [0.4, 0.5) is 17.1 Å². The van der Waals surface area contributed by atoms with Crippen molar-refractivity contribution in [1.29, 1.82) is 0 Å². The molecule has 0 fully saturated rings. The molecule has 0 saturated heterocycles. The van der Waals surface area contributed by atoms with Crippen molar-refractivity contribution in [1.82, 2.24) is 0 Å². The summed E-state index contributed by atoms with van der Waals surface area (Å²) in [5.74, 6) is 0. The zero-order valence-electron chi connectivity index (χ0n) is 71.4. The SMILES string of the molecule is CCCCCCCC1(CCCCCCC)c2ccccc2-c2ccc(-c3ccc4c(c3)C(C)(C)c3cc(-c5cc6c(c7c5oc5ccccc57)-c5ccc(N(c7ccc8c(c7)C(C)(C)c7c9c(c%10oc%11ccccc%11c%10c7-8)-c7ccccc7C9(C)C)c7ccc(C)cc7C)cc5C6(CCCCCCC)CCCCCCC)ccc3-4)cc21. The fourth-order valence-electron chi connectivity index (χ4n) is 23.5. The third-order valence-corrected chi connectivity index (χ3v) is 29.4. The molecular formula is C113H119NO2. The van der Waals surface area contributed by atoms with E-state index in [1.807, 2.05) is 0 Å². The van der Waals surface area contributed by atoms with Gasteiger partial charge in [0.05, 0.1) is 0 Å². The number of rotatable bonds is 29. The van der Waals surface area contributed by atoms with Crippen LogP contribution >= 0.6 is 0 Å². The van der Waals surface area contributed by atoms with Gasteiger partial charge in [-0.25, -0.2) is 0 Å². The number of unbranched alkanes of at least 4 members (excludes halogenated alkanes) is 16. The average Bonchev–Trinajstić information content (AvgIpc) is 1.50. The second-order valence-corrected chi connectivity index (χ2v) is 37.6. The Hall–Kier alpha value is -9.96. The van der Waals surface area contributed by atoms with Crippen molar-refractivity contribution in [3.63, 3.8) is 0 Å². The van der Waals surface area contributed by atoms with Crippen LogP contribution in [0.3, 0.4) is 0 Å². The second-order valence-electron chi connectivity index (χ2n) is 37.6. The summed E-state index contributed by atoms with van der Waals surface area (Å²) >= 11 is 0. The van der Waals surface area contributed by atoms with Crippen LogP contribution in [-0.4, -0.2) is 0 Å². The third-order valence-electron chi connectivity index (χ3n) is 29.4. The summed E-state index contributed by atoms with van der Waals surface area (Å²) in [6, 6.07) is 84.1. The monoisotopic (exact) mass is 1520 g/mol. The minimum atomic E-state index is -0.362. The summed E-state index contributed by atoms with van der Waals surface area (Å²) in [7, 11) is 0. The second kappa shape index (κ2) is 29.9. The van der Waals surface area contributed by atoms with E-state index in [9.17, 15) is 0 Å². The first-order valence-electron chi connectivity index (χ1n) is 45.3. The molecular weight excluding hydrogens is 1400 g/mol. The molecule has 3 heteroatoms. The topological polar surface area (TPSA) is 29.5 Å². The molecule has 2 heterocycles. The molecule has 0 aliphatic heterocycles. The first kappa shape index (κ1) is 76.0. The van der Waals surface area contributed by atoms with Crippen LogP contribution in [0.5, 0.6) is 0 Å². The zero-order valence-corrected chi connectivity index (χ0v) is 71.4. The molecule has 14 aromatic rings. The van der Waals surface area contributed by atoms with Crippen molar-refractivity contribution >= 4 is 60.9 Å². The minimum absolute atomic E-state index is 0.0263. The molecule has 3 nitrogen and oxygen atoms in total. The number of para-hydroxylation sites is 2. The maximum absolute atomic E-state index is 7.49. The van der Waals surface area contributed by atoms with Crippen molar-refractivity contribution in [2.45, 2.75) is 264 Å². The number of fused-ring (bicyclic) bond motifs is 25. The summed E-state index contributed by atoms with van der Waals surface area (Å²) in [6.07, 6.45) is 29.9.